The molecular weight excluding hydrogens is 425 g/mol. The van der Waals surface area contributed by atoms with Gasteiger partial charge in [0.05, 0.1) is 31.0 Å². The molecule has 0 spiro atoms. The number of rotatable bonds is 5. The Morgan fingerprint density at radius 2 is 1.85 bits per heavy atom. The van der Waals surface area contributed by atoms with E-state index in [0.29, 0.717) is 13.2 Å². The highest BCUT2D eigenvalue weighted by atomic mass is 19.1. The first-order valence-electron chi connectivity index (χ1n) is 11.3. The molecule has 9 heteroatoms. The van der Waals surface area contributed by atoms with Crippen LogP contribution in [0, 0.1) is 5.82 Å². The number of hydrogen-bond donors (Lipinski definition) is 1. The first-order valence-corrected chi connectivity index (χ1v) is 11.3. The maximum absolute atomic E-state index is 13.0. The summed E-state index contributed by atoms with van der Waals surface area (Å²) in [4.78, 5) is 27.5. The number of pyridine rings is 1. The number of benzene rings is 1. The van der Waals surface area contributed by atoms with E-state index in [1.165, 1.54) is 12.1 Å². The zero-order valence-electron chi connectivity index (χ0n) is 18.2. The van der Waals surface area contributed by atoms with Crippen molar-refractivity contribution < 1.29 is 18.7 Å². The van der Waals surface area contributed by atoms with Crippen molar-refractivity contribution in [2.24, 2.45) is 0 Å². The number of hydrogen-bond acceptors (Lipinski definition) is 7. The van der Waals surface area contributed by atoms with E-state index in [9.17, 15) is 9.18 Å². The zero-order valence-corrected chi connectivity index (χ0v) is 18.2. The van der Waals surface area contributed by atoms with Crippen LogP contribution in [0.4, 0.5) is 10.1 Å². The minimum Gasteiger partial charge on any atom is -0.488 e. The highest BCUT2D eigenvalue weighted by Gasteiger charge is 2.25. The summed E-state index contributed by atoms with van der Waals surface area (Å²) in [5.41, 5.74) is 2.85. The Labute approximate surface area is 191 Å². The Bertz CT molecular complexity index is 1110. The van der Waals surface area contributed by atoms with Crippen LogP contribution >= 0.6 is 0 Å². The van der Waals surface area contributed by atoms with E-state index in [1.54, 1.807) is 12.4 Å². The molecule has 1 aromatic carbocycles. The number of carbonyl (C=O) groups is 1. The fourth-order valence-electron chi connectivity index (χ4n) is 4.40. The molecule has 1 amide bonds. The monoisotopic (exact) mass is 451 g/mol. The third-order valence-corrected chi connectivity index (χ3v) is 6.16. The summed E-state index contributed by atoms with van der Waals surface area (Å²) >= 11 is 0. The van der Waals surface area contributed by atoms with Crippen molar-refractivity contribution in [3.8, 4) is 5.75 Å². The molecule has 2 fully saturated rings. The van der Waals surface area contributed by atoms with Gasteiger partial charge in [-0.2, -0.15) is 0 Å². The van der Waals surface area contributed by atoms with Crippen LogP contribution in [-0.4, -0.2) is 59.3 Å². The smallest absolute Gasteiger partial charge is 0.270 e. The molecule has 1 aliphatic carbocycles. The topological polar surface area (TPSA) is 89.5 Å². The molecule has 1 aliphatic heterocycles. The average molecular weight is 452 g/mol. The number of amides is 1. The SMILES string of the molecule is O=C(NC1CCC(Oc2cc(N3CCOCC3)cc3nccnc23)CC1)c1ccc(F)cn1. The Morgan fingerprint density at radius 3 is 2.61 bits per heavy atom. The molecule has 33 heavy (non-hydrogen) atoms. The van der Waals surface area contributed by atoms with Crippen LogP contribution < -0.4 is 15.0 Å². The number of carbonyl (C=O) groups excluding carboxylic acids is 1. The molecule has 172 valence electrons. The highest BCUT2D eigenvalue weighted by Crippen LogP contribution is 2.33. The molecule has 8 nitrogen and oxygen atoms in total. The summed E-state index contributed by atoms with van der Waals surface area (Å²) in [6, 6.07) is 6.78. The second-order valence-corrected chi connectivity index (χ2v) is 8.39. The van der Waals surface area contributed by atoms with Crippen molar-refractivity contribution in [2.45, 2.75) is 37.8 Å². The highest BCUT2D eigenvalue weighted by molar-refractivity contribution is 5.92. The van der Waals surface area contributed by atoms with Crippen molar-refractivity contribution in [3.63, 3.8) is 0 Å². The van der Waals surface area contributed by atoms with Gasteiger partial charge in [-0.1, -0.05) is 0 Å². The minimum absolute atomic E-state index is 0.0345. The van der Waals surface area contributed by atoms with Gasteiger partial charge in [-0.25, -0.2) is 14.4 Å². The normalized spacial score (nSPS) is 21.1. The van der Waals surface area contributed by atoms with Crippen LogP contribution in [0.15, 0.2) is 42.9 Å². The predicted molar refractivity (Wildman–Crippen MR) is 121 cm³/mol. The minimum atomic E-state index is -0.459. The van der Waals surface area contributed by atoms with Crippen LogP contribution in [0.2, 0.25) is 0 Å². The number of halogens is 1. The Kier molecular flexibility index (Phi) is 6.30. The second kappa shape index (κ2) is 9.66. The van der Waals surface area contributed by atoms with E-state index in [0.717, 1.165) is 67.4 Å². The van der Waals surface area contributed by atoms with Gasteiger partial charge in [-0.3, -0.25) is 9.78 Å². The summed E-state index contributed by atoms with van der Waals surface area (Å²) in [6.07, 6.45) is 7.68. The maximum Gasteiger partial charge on any atom is 0.270 e. The number of nitrogens with zero attached hydrogens (tertiary/aromatic N) is 4. The summed E-state index contributed by atoms with van der Waals surface area (Å²) < 4.78 is 24.9. The number of morpholine rings is 1. The van der Waals surface area contributed by atoms with Gasteiger partial charge in [0.15, 0.2) is 0 Å². The van der Waals surface area contributed by atoms with E-state index < -0.39 is 5.82 Å². The van der Waals surface area contributed by atoms with Gasteiger partial charge < -0.3 is 19.7 Å². The summed E-state index contributed by atoms with van der Waals surface area (Å²) in [5, 5.41) is 3.00. The van der Waals surface area contributed by atoms with Crippen LogP contribution in [0.25, 0.3) is 11.0 Å². The van der Waals surface area contributed by atoms with Gasteiger partial charge in [0, 0.05) is 43.3 Å². The van der Waals surface area contributed by atoms with Gasteiger partial charge in [0.2, 0.25) is 0 Å². The lowest BCUT2D eigenvalue weighted by atomic mass is 9.92. The second-order valence-electron chi connectivity index (χ2n) is 8.39. The first kappa shape index (κ1) is 21.5. The summed E-state index contributed by atoms with van der Waals surface area (Å²) in [7, 11) is 0. The van der Waals surface area contributed by atoms with Crippen molar-refractivity contribution >= 4 is 22.6 Å². The number of fused-ring (bicyclic) bond motifs is 1. The zero-order chi connectivity index (χ0) is 22.6. The Morgan fingerprint density at radius 1 is 1.06 bits per heavy atom. The van der Waals surface area contributed by atoms with E-state index in [4.69, 9.17) is 9.47 Å². The molecule has 1 saturated heterocycles. The summed E-state index contributed by atoms with van der Waals surface area (Å²) in [5.74, 6) is 0.00282. The van der Waals surface area contributed by atoms with Crippen LogP contribution in [0.5, 0.6) is 5.75 Å². The number of aromatic nitrogens is 3. The molecule has 2 aliphatic rings. The number of ether oxygens (including phenoxy) is 2. The van der Waals surface area contributed by atoms with Crippen LogP contribution in [-0.2, 0) is 4.74 Å². The van der Waals surface area contributed by atoms with Crippen molar-refractivity contribution in [3.05, 3.63) is 54.4 Å². The van der Waals surface area contributed by atoms with E-state index in [2.05, 4.69) is 37.3 Å². The molecule has 0 unspecified atom stereocenters. The number of anilines is 1. The van der Waals surface area contributed by atoms with Gasteiger partial charge >= 0.3 is 0 Å². The largest absolute Gasteiger partial charge is 0.488 e. The maximum atomic E-state index is 13.0. The van der Waals surface area contributed by atoms with Crippen LogP contribution in [0.1, 0.15) is 36.2 Å². The van der Waals surface area contributed by atoms with E-state index in [-0.39, 0.29) is 23.7 Å². The molecular formula is C24H26FN5O3. The molecule has 1 N–H and O–H groups in total. The lowest BCUT2D eigenvalue weighted by Crippen LogP contribution is -2.40. The van der Waals surface area contributed by atoms with Gasteiger partial charge in [-0.05, 0) is 43.9 Å². The molecule has 0 atom stereocenters. The molecule has 0 bridgehead atoms. The van der Waals surface area contributed by atoms with Gasteiger partial charge in [0.1, 0.15) is 22.8 Å². The Balaban J connectivity index is 1.24. The Hall–Kier alpha value is -3.33. The lowest BCUT2D eigenvalue weighted by Gasteiger charge is -2.31. The van der Waals surface area contributed by atoms with Gasteiger partial charge in [0.25, 0.3) is 5.91 Å². The third kappa shape index (κ3) is 5.03. The van der Waals surface area contributed by atoms with Crippen LogP contribution in [0.3, 0.4) is 0 Å². The standard InChI is InChI=1S/C24H26FN5O3/c25-16-1-6-20(28-15-16)24(31)29-17-2-4-19(5-3-17)33-22-14-18(30-9-11-32-12-10-30)13-21-23(22)27-8-7-26-21/h1,6-8,13-15,17,19H,2-5,9-12H2,(H,29,31). The van der Waals surface area contributed by atoms with Crippen molar-refractivity contribution in [2.75, 3.05) is 31.2 Å². The fourth-order valence-corrected chi connectivity index (χ4v) is 4.40. The number of nitrogens with one attached hydrogen (secondary N) is 1. The average Bonchev–Trinajstić information content (AvgIpc) is 2.86. The van der Waals surface area contributed by atoms with Crippen molar-refractivity contribution in [1.82, 2.24) is 20.3 Å². The van der Waals surface area contributed by atoms with E-state index in [1.807, 2.05) is 0 Å². The predicted octanol–water partition coefficient (Wildman–Crippen LogP) is 3.12. The molecule has 1 saturated carbocycles. The molecule has 0 radical (unpaired) electrons. The van der Waals surface area contributed by atoms with Crippen molar-refractivity contribution in [1.29, 1.82) is 0 Å². The third-order valence-electron chi connectivity index (χ3n) is 6.16. The quantitative estimate of drug-likeness (QED) is 0.638. The first-order chi connectivity index (χ1) is 16.2. The fraction of sp³-hybridized carbons (Fsp3) is 0.417. The lowest BCUT2D eigenvalue weighted by molar-refractivity contribution is 0.0890. The molecule has 2 aromatic heterocycles. The van der Waals surface area contributed by atoms with Gasteiger partial charge in [-0.15, -0.1) is 0 Å². The molecule has 3 aromatic rings. The molecule has 3 heterocycles. The summed E-state index contributed by atoms with van der Waals surface area (Å²) in [6.45, 7) is 3.08. The van der Waals surface area contributed by atoms with E-state index >= 15 is 0 Å². The molecule has 5 rings (SSSR count).